The van der Waals surface area contributed by atoms with Gasteiger partial charge in [0.2, 0.25) is 11.8 Å². The fourth-order valence-corrected chi connectivity index (χ4v) is 4.80. The molecule has 24 heavy (non-hydrogen) atoms. The van der Waals surface area contributed by atoms with Gasteiger partial charge in [0, 0.05) is 39.7 Å². The molecule has 5 nitrogen and oxygen atoms in total. The summed E-state index contributed by atoms with van der Waals surface area (Å²) in [4.78, 5) is 29.6. The van der Waals surface area contributed by atoms with Gasteiger partial charge in [0.25, 0.3) is 0 Å². The molecule has 2 amide bonds. The van der Waals surface area contributed by atoms with E-state index in [0.717, 1.165) is 32.4 Å². The van der Waals surface area contributed by atoms with Crippen LogP contribution in [0.2, 0.25) is 0 Å². The summed E-state index contributed by atoms with van der Waals surface area (Å²) in [6, 6.07) is 0. The lowest BCUT2D eigenvalue weighted by Crippen LogP contribution is -2.51. The average Bonchev–Trinajstić information content (AvgIpc) is 3.03. The van der Waals surface area contributed by atoms with E-state index in [0.29, 0.717) is 32.0 Å². The summed E-state index contributed by atoms with van der Waals surface area (Å²) < 4.78 is 5.13. The van der Waals surface area contributed by atoms with Gasteiger partial charge in [-0.2, -0.15) is 0 Å². The second-order valence-electron chi connectivity index (χ2n) is 7.94. The molecular formula is C19H32N2O3. The molecule has 3 aliphatic rings. The summed E-state index contributed by atoms with van der Waals surface area (Å²) >= 11 is 0. The molecule has 0 bridgehead atoms. The zero-order valence-corrected chi connectivity index (χ0v) is 15.1. The number of hydrogen-bond acceptors (Lipinski definition) is 3. The van der Waals surface area contributed by atoms with E-state index in [1.165, 1.54) is 32.1 Å². The van der Waals surface area contributed by atoms with Gasteiger partial charge in [0.05, 0.1) is 12.0 Å². The van der Waals surface area contributed by atoms with E-state index in [4.69, 9.17) is 4.74 Å². The summed E-state index contributed by atoms with van der Waals surface area (Å²) in [5.74, 6) is 1.10. The molecule has 0 N–H and O–H groups in total. The summed E-state index contributed by atoms with van der Waals surface area (Å²) in [6.45, 7) is 3.50. The highest BCUT2D eigenvalue weighted by Crippen LogP contribution is 2.40. The molecule has 5 heteroatoms. The molecule has 3 fully saturated rings. The smallest absolute Gasteiger partial charge is 0.230 e. The molecule has 3 rings (SSSR count). The third-order valence-electron chi connectivity index (χ3n) is 6.28. The zero-order chi connectivity index (χ0) is 17.0. The standard InChI is InChI=1S/C19H32N2O3/c1-24-13-12-20-10-5-8-19(18(20)23)9-11-21(15-19)17(22)14-16-6-3-2-4-7-16/h16H,2-15H2,1H3. The van der Waals surface area contributed by atoms with Gasteiger partial charge in [-0.3, -0.25) is 9.59 Å². The van der Waals surface area contributed by atoms with Crippen molar-refractivity contribution in [2.75, 3.05) is 39.9 Å². The van der Waals surface area contributed by atoms with E-state index in [1.807, 2.05) is 9.80 Å². The third kappa shape index (κ3) is 3.76. The molecule has 1 spiro atoms. The highest BCUT2D eigenvalue weighted by molar-refractivity contribution is 5.86. The summed E-state index contributed by atoms with van der Waals surface area (Å²) in [5, 5.41) is 0. The highest BCUT2D eigenvalue weighted by Gasteiger charge is 2.49. The Labute approximate surface area is 145 Å². The van der Waals surface area contributed by atoms with Gasteiger partial charge in [0.1, 0.15) is 0 Å². The summed E-state index contributed by atoms with van der Waals surface area (Å²) in [6.07, 6.45) is 9.78. The van der Waals surface area contributed by atoms with Crippen LogP contribution in [0.4, 0.5) is 0 Å². The van der Waals surface area contributed by atoms with Gasteiger partial charge in [-0.25, -0.2) is 0 Å². The largest absolute Gasteiger partial charge is 0.383 e. The molecule has 0 aromatic rings. The quantitative estimate of drug-likeness (QED) is 0.775. The van der Waals surface area contributed by atoms with Crippen LogP contribution in [-0.2, 0) is 14.3 Å². The molecule has 0 aromatic heterocycles. The Morgan fingerprint density at radius 1 is 1.17 bits per heavy atom. The van der Waals surface area contributed by atoms with Crippen LogP contribution in [0, 0.1) is 11.3 Å². The molecule has 0 radical (unpaired) electrons. The number of nitrogens with zero attached hydrogens (tertiary/aromatic N) is 2. The van der Waals surface area contributed by atoms with Crippen LogP contribution in [0.25, 0.3) is 0 Å². The van der Waals surface area contributed by atoms with Crippen LogP contribution in [0.3, 0.4) is 0 Å². The SMILES string of the molecule is COCCN1CCCC2(CCN(C(=O)CC3CCCCC3)C2)C1=O. The van der Waals surface area contributed by atoms with Crippen molar-refractivity contribution < 1.29 is 14.3 Å². The van der Waals surface area contributed by atoms with E-state index in [9.17, 15) is 9.59 Å². The van der Waals surface area contributed by atoms with Crippen LogP contribution in [-0.4, -0.2) is 61.5 Å². The van der Waals surface area contributed by atoms with E-state index in [1.54, 1.807) is 7.11 Å². The Morgan fingerprint density at radius 2 is 1.96 bits per heavy atom. The average molecular weight is 336 g/mol. The number of hydrogen-bond donors (Lipinski definition) is 0. The van der Waals surface area contributed by atoms with Crippen LogP contribution in [0.15, 0.2) is 0 Å². The Balaban J connectivity index is 1.56. The molecule has 1 unspecified atom stereocenters. The number of amides is 2. The molecule has 0 aromatic carbocycles. The van der Waals surface area contributed by atoms with E-state index in [-0.39, 0.29) is 17.2 Å². The minimum atomic E-state index is -0.311. The lowest BCUT2D eigenvalue weighted by molar-refractivity contribution is -0.146. The van der Waals surface area contributed by atoms with Gasteiger partial charge < -0.3 is 14.5 Å². The molecule has 1 atom stereocenters. The van der Waals surface area contributed by atoms with Crippen LogP contribution >= 0.6 is 0 Å². The van der Waals surface area contributed by atoms with Crippen molar-refractivity contribution in [2.24, 2.45) is 11.3 Å². The van der Waals surface area contributed by atoms with Crippen molar-refractivity contribution in [1.29, 1.82) is 0 Å². The predicted molar refractivity (Wildman–Crippen MR) is 92.5 cm³/mol. The maximum absolute atomic E-state index is 12.9. The minimum absolute atomic E-state index is 0.249. The van der Waals surface area contributed by atoms with Gasteiger partial charge >= 0.3 is 0 Å². The Hall–Kier alpha value is -1.10. The Morgan fingerprint density at radius 3 is 2.71 bits per heavy atom. The first-order valence-corrected chi connectivity index (χ1v) is 9.71. The molecular weight excluding hydrogens is 304 g/mol. The number of methoxy groups -OCH3 is 1. The zero-order valence-electron chi connectivity index (χ0n) is 15.1. The van der Waals surface area contributed by atoms with Crippen molar-refractivity contribution in [3.05, 3.63) is 0 Å². The monoisotopic (exact) mass is 336 g/mol. The lowest BCUT2D eigenvalue weighted by atomic mass is 9.78. The van der Waals surface area contributed by atoms with Crippen LogP contribution in [0.5, 0.6) is 0 Å². The maximum atomic E-state index is 12.9. The van der Waals surface area contributed by atoms with Crippen molar-refractivity contribution in [2.45, 2.75) is 57.8 Å². The number of ether oxygens (including phenoxy) is 1. The highest BCUT2D eigenvalue weighted by atomic mass is 16.5. The Bertz CT molecular complexity index is 462. The van der Waals surface area contributed by atoms with Gasteiger partial charge in [-0.15, -0.1) is 0 Å². The number of carbonyl (C=O) groups excluding carboxylic acids is 2. The first kappa shape index (κ1) is 17.7. The van der Waals surface area contributed by atoms with Crippen molar-refractivity contribution in [3.8, 4) is 0 Å². The number of rotatable bonds is 5. The normalized spacial score (nSPS) is 28.8. The fourth-order valence-electron chi connectivity index (χ4n) is 4.80. The topological polar surface area (TPSA) is 49.9 Å². The molecule has 1 aliphatic carbocycles. The maximum Gasteiger partial charge on any atom is 0.230 e. The van der Waals surface area contributed by atoms with E-state index in [2.05, 4.69) is 0 Å². The van der Waals surface area contributed by atoms with Crippen LogP contribution < -0.4 is 0 Å². The van der Waals surface area contributed by atoms with E-state index >= 15 is 0 Å². The van der Waals surface area contributed by atoms with E-state index < -0.39 is 0 Å². The van der Waals surface area contributed by atoms with Crippen molar-refractivity contribution >= 4 is 11.8 Å². The van der Waals surface area contributed by atoms with Crippen molar-refractivity contribution in [3.63, 3.8) is 0 Å². The first-order valence-electron chi connectivity index (χ1n) is 9.71. The second-order valence-corrected chi connectivity index (χ2v) is 7.94. The molecule has 136 valence electrons. The molecule has 2 heterocycles. The number of carbonyl (C=O) groups is 2. The summed E-state index contributed by atoms with van der Waals surface area (Å²) in [5.41, 5.74) is -0.311. The number of piperidine rings is 1. The first-order chi connectivity index (χ1) is 11.6. The molecule has 1 saturated carbocycles. The molecule has 2 saturated heterocycles. The molecule has 2 aliphatic heterocycles. The van der Waals surface area contributed by atoms with Crippen LogP contribution in [0.1, 0.15) is 57.8 Å². The van der Waals surface area contributed by atoms with Crippen molar-refractivity contribution in [1.82, 2.24) is 9.80 Å². The van der Waals surface area contributed by atoms with Gasteiger partial charge in [0.15, 0.2) is 0 Å². The predicted octanol–water partition coefficient (Wildman–Crippen LogP) is 2.44. The van der Waals surface area contributed by atoms with Gasteiger partial charge in [-0.05, 0) is 38.0 Å². The Kier molecular flexibility index (Phi) is 5.80. The minimum Gasteiger partial charge on any atom is -0.383 e. The lowest BCUT2D eigenvalue weighted by Gasteiger charge is -2.39. The van der Waals surface area contributed by atoms with Gasteiger partial charge in [-0.1, -0.05) is 19.3 Å². The second kappa shape index (κ2) is 7.85. The number of likely N-dealkylation sites (tertiary alicyclic amines) is 2. The summed E-state index contributed by atoms with van der Waals surface area (Å²) in [7, 11) is 1.67. The fraction of sp³-hybridized carbons (Fsp3) is 0.895. The third-order valence-corrected chi connectivity index (χ3v) is 6.28.